The van der Waals surface area contributed by atoms with E-state index in [9.17, 15) is 4.79 Å². The van der Waals surface area contributed by atoms with Gasteiger partial charge in [-0.3, -0.25) is 9.69 Å². The third-order valence-electron chi connectivity index (χ3n) is 5.34. The Labute approximate surface area is 138 Å². The first-order valence-corrected chi connectivity index (χ1v) is 8.88. The largest absolute Gasteiger partial charge is 0.358 e. The molecule has 1 aliphatic rings. The molecule has 2 heterocycles. The molecule has 3 nitrogen and oxygen atoms in total. The highest BCUT2D eigenvalue weighted by Gasteiger charge is 2.23. The van der Waals surface area contributed by atoms with Gasteiger partial charge in [-0.1, -0.05) is 19.4 Å². The number of aryl methyl sites for hydroxylation is 3. The maximum Gasteiger partial charge on any atom is 0.194 e. The maximum atomic E-state index is 13.1. The Bertz CT molecular complexity index is 775. The van der Waals surface area contributed by atoms with Gasteiger partial charge in [-0.15, -0.1) is 0 Å². The molecule has 1 saturated heterocycles. The lowest BCUT2D eigenvalue weighted by molar-refractivity contribution is 0.135. The molecule has 23 heavy (non-hydrogen) atoms. The fourth-order valence-electron chi connectivity index (χ4n) is 4.09. The van der Waals surface area contributed by atoms with Crippen molar-refractivity contribution in [2.75, 3.05) is 6.54 Å². The number of nitrogens with zero attached hydrogens (tertiary/aromatic N) is 1. The van der Waals surface area contributed by atoms with E-state index in [0.29, 0.717) is 6.04 Å². The number of aromatic amines is 1. The van der Waals surface area contributed by atoms with Crippen LogP contribution < -0.4 is 5.43 Å². The molecule has 1 N–H and O–H groups in total. The van der Waals surface area contributed by atoms with Crippen LogP contribution in [0.25, 0.3) is 10.9 Å². The Balaban J connectivity index is 2.06. The first-order valence-electron chi connectivity index (χ1n) is 8.88. The van der Waals surface area contributed by atoms with Crippen molar-refractivity contribution in [3.8, 4) is 0 Å². The average molecular weight is 312 g/mol. The fourth-order valence-corrected chi connectivity index (χ4v) is 4.09. The summed E-state index contributed by atoms with van der Waals surface area (Å²) in [5, 5.41) is 0.862. The number of fused-ring (bicyclic) bond motifs is 1. The third kappa shape index (κ3) is 3.07. The first kappa shape index (κ1) is 16.3. The van der Waals surface area contributed by atoms with Crippen molar-refractivity contribution >= 4 is 10.9 Å². The minimum atomic E-state index is 0.217. The van der Waals surface area contributed by atoms with E-state index >= 15 is 0 Å². The number of likely N-dealkylation sites (tertiary alicyclic amines) is 1. The molecule has 3 heteroatoms. The summed E-state index contributed by atoms with van der Waals surface area (Å²) >= 11 is 0. The molecule has 0 radical (unpaired) electrons. The number of pyridine rings is 1. The van der Waals surface area contributed by atoms with Gasteiger partial charge in [0, 0.05) is 29.2 Å². The molecule has 0 amide bonds. The predicted octanol–water partition coefficient (Wildman–Crippen LogP) is 4.22. The summed E-state index contributed by atoms with van der Waals surface area (Å²) in [7, 11) is 0. The lowest BCUT2D eigenvalue weighted by Gasteiger charge is -2.35. The second-order valence-electron chi connectivity index (χ2n) is 7.09. The molecule has 1 aromatic carbocycles. The molecule has 2 aromatic rings. The molecule has 0 saturated carbocycles. The topological polar surface area (TPSA) is 36.1 Å². The lowest BCUT2D eigenvalue weighted by atomic mass is 9.97. The zero-order valence-corrected chi connectivity index (χ0v) is 14.8. The van der Waals surface area contributed by atoms with Gasteiger partial charge in [-0.25, -0.2) is 0 Å². The molecule has 1 fully saturated rings. The van der Waals surface area contributed by atoms with Crippen LogP contribution in [0.1, 0.15) is 55.0 Å². The molecular formula is C20H28N2O. The zero-order chi connectivity index (χ0) is 16.6. The summed E-state index contributed by atoms with van der Waals surface area (Å²) in [4.78, 5) is 19.1. The predicted molar refractivity (Wildman–Crippen MR) is 97.1 cm³/mol. The van der Waals surface area contributed by atoms with Gasteiger partial charge in [0.1, 0.15) is 0 Å². The van der Waals surface area contributed by atoms with Crippen molar-refractivity contribution in [1.82, 2.24) is 9.88 Å². The maximum absolute atomic E-state index is 13.1. The van der Waals surface area contributed by atoms with Crippen LogP contribution in [-0.4, -0.2) is 22.5 Å². The first-order chi connectivity index (χ1) is 11.0. The molecule has 1 atom stereocenters. The number of piperidine rings is 1. The van der Waals surface area contributed by atoms with Crippen molar-refractivity contribution < 1.29 is 0 Å². The molecule has 0 unspecified atom stereocenters. The van der Waals surface area contributed by atoms with E-state index in [4.69, 9.17) is 0 Å². The van der Waals surface area contributed by atoms with E-state index in [-0.39, 0.29) is 5.43 Å². The van der Waals surface area contributed by atoms with E-state index < -0.39 is 0 Å². The Kier molecular flexibility index (Phi) is 4.58. The third-order valence-corrected chi connectivity index (χ3v) is 5.34. The highest BCUT2D eigenvalue weighted by atomic mass is 16.1. The van der Waals surface area contributed by atoms with Gasteiger partial charge in [0.25, 0.3) is 0 Å². The molecule has 1 aliphatic heterocycles. The van der Waals surface area contributed by atoms with Gasteiger partial charge >= 0.3 is 0 Å². The summed E-state index contributed by atoms with van der Waals surface area (Å²) in [6, 6.07) is 4.81. The molecule has 0 aliphatic carbocycles. The number of benzene rings is 1. The highest BCUT2D eigenvalue weighted by molar-refractivity contribution is 5.83. The second-order valence-corrected chi connectivity index (χ2v) is 7.09. The molecule has 124 valence electrons. The highest BCUT2D eigenvalue weighted by Crippen LogP contribution is 2.23. The number of hydrogen-bond donors (Lipinski definition) is 1. The lowest BCUT2D eigenvalue weighted by Crippen LogP contribution is -2.39. The Morgan fingerprint density at radius 2 is 2.00 bits per heavy atom. The van der Waals surface area contributed by atoms with Gasteiger partial charge in [-0.2, -0.15) is 0 Å². The Hall–Kier alpha value is -1.61. The van der Waals surface area contributed by atoms with E-state index in [1.807, 2.05) is 13.8 Å². The number of rotatable bonds is 3. The van der Waals surface area contributed by atoms with Crippen molar-refractivity contribution in [2.45, 2.75) is 66.0 Å². The number of aromatic nitrogens is 1. The number of nitrogens with one attached hydrogen (secondary N) is 1. The Morgan fingerprint density at radius 3 is 2.74 bits per heavy atom. The van der Waals surface area contributed by atoms with Gasteiger partial charge in [-0.05, 0) is 63.8 Å². The van der Waals surface area contributed by atoms with Crippen molar-refractivity contribution in [3.63, 3.8) is 0 Å². The van der Waals surface area contributed by atoms with Crippen molar-refractivity contribution in [3.05, 3.63) is 44.7 Å². The summed E-state index contributed by atoms with van der Waals surface area (Å²) in [6.45, 7) is 10.3. The van der Waals surface area contributed by atoms with Crippen LogP contribution in [0.4, 0.5) is 0 Å². The minimum absolute atomic E-state index is 0.217. The summed E-state index contributed by atoms with van der Waals surface area (Å²) in [6.07, 6.45) is 5.00. The van der Waals surface area contributed by atoms with Gasteiger partial charge in [0.05, 0.1) is 5.52 Å². The van der Waals surface area contributed by atoms with Gasteiger partial charge in [0.2, 0.25) is 0 Å². The minimum Gasteiger partial charge on any atom is -0.358 e. The van der Waals surface area contributed by atoms with E-state index in [1.54, 1.807) is 0 Å². The van der Waals surface area contributed by atoms with E-state index in [1.165, 1.54) is 31.2 Å². The SMILES string of the molecule is CC[C@@H]1CCCCN1Cc1c(C)[nH]c2cc(C)cc(C)c2c1=O. The standard InChI is InChI=1S/C20H28N2O/c1-5-16-8-6-7-9-22(16)12-17-15(4)21-18-11-13(2)10-14(3)19(18)20(17)23/h10-11,16H,5-9,12H2,1-4H3,(H,21,23)/t16-/m1/s1. The molecule has 1 aromatic heterocycles. The second kappa shape index (κ2) is 6.48. The average Bonchev–Trinajstić information content (AvgIpc) is 2.50. The van der Waals surface area contributed by atoms with Crippen LogP contribution in [0.5, 0.6) is 0 Å². The quantitative estimate of drug-likeness (QED) is 0.921. The van der Waals surface area contributed by atoms with Gasteiger partial charge < -0.3 is 4.98 Å². The number of hydrogen-bond acceptors (Lipinski definition) is 2. The van der Waals surface area contributed by atoms with Crippen molar-refractivity contribution in [1.29, 1.82) is 0 Å². The summed E-state index contributed by atoms with van der Waals surface area (Å²) in [5.41, 5.74) is 5.43. The van der Waals surface area contributed by atoms with Crippen LogP contribution in [0.15, 0.2) is 16.9 Å². The zero-order valence-electron chi connectivity index (χ0n) is 14.8. The van der Waals surface area contributed by atoms with Crippen LogP contribution in [0.2, 0.25) is 0 Å². The van der Waals surface area contributed by atoms with Crippen LogP contribution >= 0.6 is 0 Å². The van der Waals surface area contributed by atoms with E-state index in [2.05, 4.69) is 35.9 Å². The van der Waals surface area contributed by atoms with Crippen LogP contribution in [0.3, 0.4) is 0 Å². The summed E-state index contributed by atoms with van der Waals surface area (Å²) < 4.78 is 0. The number of H-pyrrole nitrogens is 1. The van der Waals surface area contributed by atoms with Gasteiger partial charge in [0.15, 0.2) is 5.43 Å². The van der Waals surface area contributed by atoms with Crippen LogP contribution in [0, 0.1) is 20.8 Å². The molecule has 0 spiro atoms. The fraction of sp³-hybridized carbons (Fsp3) is 0.550. The smallest absolute Gasteiger partial charge is 0.194 e. The normalized spacial score (nSPS) is 19.4. The molecule has 0 bridgehead atoms. The van der Waals surface area contributed by atoms with Crippen molar-refractivity contribution in [2.24, 2.45) is 0 Å². The molecular weight excluding hydrogens is 284 g/mol. The Morgan fingerprint density at radius 1 is 1.22 bits per heavy atom. The summed E-state index contributed by atoms with van der Waals surface area (Å²) in [5.74, 6) is 0. The monoisotopic (exact) mass is 312 g/mol. The van der Waals surface area contributed by atoms with Crippen LogP contribution in [-0.2, 0) is 6.54 Å². The molecule has 3 rings (SSSR count). The van der Waals surface area contributed by atoms with E-state index in [0.717, 1.165) is 40.8 Å².